The third kappa shape index (κ3) is 2.78. The number of halogens is 1. The van der Waals surface area contributed by atoms with Crippen molar-refractivity contribution in [3.05, 3.63) is 35.6 Å². The van der Waals surface area contributed by atoms with Crippen molar-refractivity contribution in [2.75, 3.05) is 0 Å². The average molecular weight is 207 g/mol. The Hall–Kier alpha value is -0.890. The van der Waals surface area contributed by atoms with Gasteiger partial charge < -0.3 is 5.32 Å². The molecule has 0 aliphatic heterocycles. The van der Waals surface area contributed by atoms with E-state index in [0.717, 1.165) is 0 Å². The fourth-order valence-electron chi connectivity index (χ4n) is 1.99. The van der Waals surface area contributed by atoms with Crippen LogP contribution in [-0.2, 0) is 0 Å². The molecule has 1 fully saturated rings. The topological polar surface area (TPSA) is 12.0 Å². The fraction of sp³-hybridized carbons (Fsp3) is 0.538. The summed E-state index contributed by atoms with van der Waals surface area (Å²) in [4.78, 5) is 0. The van der Waals surface area contributed by atoms with Gasteiger partial charge in [-0.25, -0.2) is 4.39 Å². The molecule has 0 amide bonds. The second kappa shape index (κ2) is 3.60. The Bertz CT molecular complexity index is 337. The van der Waals surface area contributed by atoms with Crippen molar-refractivity contribution in [2.24, 2.45) is 0 Å². The smallest absolute Gasteiger partial charge is 0.123 e. The van der Waals surface area contributed by atoms with Gasteiger partial charge in [0.15, 0.2) is 0 Å². The molecular formula is C13H18FN. The largest absolute Gasteiger partial charge is 0.309 e. The van der Waals surface area contributed by atoms with Crippen LogP contribution in [0.25, 0.3) is 0 Å². The van der Waals surface area contributed by atoms with Crippen LogP contribution in [0.5, 0.6) is 0 Å². The number of hydrogen-bond donors (Lipinski definition) is 1. The van der Waals surface area contributed by atoms with Gasteiger partial charge in [0.1, 0.15) is 5.82 Å². The van der Waals surface area contributed by atoms with Gasteiger partial charge in [0.25, 0.3) is 0 Å². The van der Waals surface area contributed by atoms with Gasteiger partial charge in [-0.05, 0) is 44.9 Å². The average Bonchev–Trinajstić information content (AvgIpc) is 2.82. The van der Waals surface area contributed by atoms with Crippen LogP contribution in [0.4, 0.5) is 4.39 Å². The van der Waals surface area contributed by atoms with Crippen LogP contribution in [0, 0.1) is 5.82 Å². The standard InChI is InChI=1S/C13H18FN/c1-13(2,3)15-12-8-11(12)9-4-6-10(14)7-5-9/h4-7,11-12,15H,8H2,1-3H3. The SMILES string of the molecule is CC(C)(C)NC1CC1c1ccc(F)cc1. The zero-order chi connectivity index (χ0) is 11.1. The molecule has 0 spiro atoms. The minimum absolute atomic E-state index is 0.153. The molecule has 1 aliphatic carbocycles. The van der Waals surface area contributed by atoms with Gasteiger partial charge in [0.05, 0.1) is 0 Å². The highest BCUT2D eigenvalue weighted by Gasteiger charge is 2.39. The summed E-state index contributed by atoms with van der Waals surface area (Å²) in [6.45, 7) is 6.52. The van der Waals surface area contributed by atoms with Crippen molar-refractivity contribution in [1.29, 1.82) is 0 Å². The summed E-state index contributed by atoms with van der Waals surface area (Å²) in [6, 6.07) is 7.44. The molecule has 0 aromatic heterocycles. The predicted octanol–water partition coefficient (Wildman–Crippen LogP) is 3.07. The van der Waals surface area contributed by atoms with Crippen LogP contribution in [0.15, 0.2) is 24.3 Å². The Balaban J connectivity index is 1.96. The first kappa shape index (κ1) is 10.6. The maximum Gasteiger partial charge on any atom is 0.123 e. The van der Waals surface area contributed by atoms with E-state index < -0.39 is 0 Å². The van der Waals surface area contributed by atoms with Gasteiger partial charge in [0, 0.05) is 17.5 Å². The molecular weight excluding hydrogens is 189 g/mol. The molecule has 0 bridgehead atoms. The van der Waals surface area contributed by atoms with E-state index in [1.165, 1.54) is 12.0 Å². The third-order valence-corrected chi connectivity index (χ3v) is 2.71. The Labute approximate surface area is 90.7 Å². The molecule has 0 radical (unpaired) electrons. The lowest BCUT2D eigenvalue weighted by Gasteiger charge is -2.20. The molecule has 1 N–H and O–H groups in total. The number of benzene rings is 1. The molecule has 0 saturated heterocycles. The van der Waals surface area contributed by atoms with Gasteiger partial charge in [-0.3, -0.25) is 0 Å². The van der Waals surface area contributed by atoms with Crippen LogP contribution < -0.4 is 5.32 Å². The van der Waals surface area contributed by atoms with Crippen molar-refractivity contribution in [3.63, 3.8) is 0 Å². The van der Waals surface area contributed by atoms with E-state index in [2.05, 4.69) is 26.1 Å². The van der Waals surface area contributed by atoms with E-state index in [0.29, 0.717) is 12.0 Å². The molecule has 1 aliphatic rings. The summed E-state index contributed by atoms with van der Waals surface area (Å²) in [5, 5.41) is 3.56. The first-order valence-electron chi connectivity index (χ1n) is 5.49. The van der Waals surface area contributed by atoms with Gasteiger partial charge >= 0.3 is 0 Å². The lowest BCUT2D eigenvalue weighted by Crippen LogP contribution is -2.38. The van der Waals surface area contributed by atoms with Crippen molar-refractivity contribution < 1.29 is 4.39 Å². The lowest BCUT2D eigenvalue weighted by atomic mass is 10.1. The highest BCUT2D eigenvalue weighted by Crippen LogP contribution is 2.41. The number of rotatable bonds is 2. The maximum absolute atomic E-state index is 12.7. The second-order valence-corrected chi connectivity index (χ2v) is 5.39. The quantitative estimate of drug-likeness (QED) is 0.786. The lowest BCUT2D eigenvalue weighted by molar-refractivity contribution is 0.418. The summed E-state index contributed by atoms with van der Waals surface area (Å²) < 4.78 is 12.7. The third-order valence-electron chi connectivity index (χ3n) is 2.71. The maximum atomic E-state index is 12.7. The van der Waals surface area contributed by atoms with Crippen LogP contribution in [0.2, 0.25) is 0 Å². The summed E-state index contributed by atoms with van der Waals surface area (Å²) in [6.07, 6.45) is 1.17. The number of hydrogen-bond acceptors (Lipinski definition) is 1. The van der Waals surface area contributed by atoms with Crippen molar-refractivity contribution >= 4 is 0 Å². The predicted molar refractivity (Wildman–Crippen MR) is 60.4 cm³/mol. The molecule has 1 aromatic rings. The summed E-state index contributed by atoms with van der Waals surface area (Å²) in [5.41, 5.74) is 1.41. The Morgan fingerprint density at radius 3 is 2.33 bits per heavy atom. The van der Waals surface area contributed by atoms with Crippen LogP contribution in [0.1, 0.15) is 38.7 Å². The minimum atomic E-state index is -0.153. The fourth-order valence-corrected chi connectivity index (χ4v) is 1.99. The molecule has 2 unspecified atom stereocenters. The molecule has 15 heavy (non-hydrogen) atoms. The zero-order valence-electron chi connectivity index (χ0n) is 9.55. The summed E-state index contributed by atoms with van der Waals surface area (Å²) in [7, 11) is 0. The molecule has 1 aromatic carbocycles. The van der Waals surface area contributed by atoms with Gasteiger partial charge in [-0.1, -0.05) is 12.1 Å². The second-order valence-electron chi connectivity index (χ2n) is 5.39. The van der Waals surface area contributed by atoms with Crippen LogP contribution in [0.3, 0.4) is 0 Å². The minimum Gasteiger partial charge on any atom is -0.309 e. The molecule has 2 atom stereocenters. The first-order chi connectivity index (χ1) is 6.96. The van der Waals surface area contributed by atoms with Crippen molar-refractivity contribution in [1.82, 2.24) is 5.32 Å². The normalized spacial score (nSPS) is 25.3. The highest BCUT2D eigenvalue weighted by atomic mass is 19.1. The van der Waals surface area contributed by atoms with E-state index in [9.17, 15) is 4.39 Å². The first-order valence-corrected chi connectivity index (χ1v) is 5.49. The molecule has 1 saturated carbocycles. The molecule has 2 rings (SSSR count). The monoisotopic (exact) mass is 207 g/mol. The van der Waals surface area contributed by atoms with Gasteiger partial charge in [0.2, 0.25) is 0 Å². The van der Waals surface area contributed by atoms with Crippen LogP contribution >= 0.6 is 0 Å². The summed E-state index contributed by atoms with van der Waals surface area (Å²) in [5.74, 6) is 0.421. The van der Waals surface area contributed by atoms with Crippen molar-refractivity contribution in [3.8, 4) is 0 Å². The van der Waals surface area contributed by atoms with E-state index in [4.69, 9.17) is 0 Å². The van der Waals surface area contributed by atoms with Gasteiger partial charge in [-0.15, -0.1) is 0 Å². The Kier molecular flexibility index (Phi) is 2.55. The summed E-state index contributed by atoms with van der Waals surface area (Å²) >= 11 is 0. The zero-order valence-corrected chi connectivity index (χ0v) is 9.55. The van der Waals surface area contributed by atoms with E-state index in [1.807, 2.05) is 12.1 Å². The molecule has 0 heterocycles. The molecule has 1 nitrogen and oxygen atoms in total. The Morgan fingerprint density at radius 2 is 1.80 bits per heavy atom. The number of nitrogens with one attached hydrogen (secondary N) is 1. The molecule has 2 heteroatoms. The molecule has 82 valence electrons. The van der Waals surface area contributed by atoms with Crippen molar-refractivity contribution in [2.45, 2.75) is 44.7 Å². The van der Waals surface area contributed by atoms with Gasteiger partial charge in [-0.2, -0.15) is 0 Å². The van der Waals surface area contributed by atoms with E-state index in [1.54, 1.807) is 12.1 Å². The Morgan fingerprint density at radius 1 is 1.20 bits per heavy atom. The highest BCUT2D eigenvalue weighted by molar-refractivity contribution is 5.28. The van der Waals surface area contributed by atoms with Crippen LogP contribution in [-0.4, -0.2) is 11.6 Å². The van der Waals surface area contributed by atoms with E-state index in [-0.39, 0.29) is 11.4 Å². The van der Waals surface area contributed by atoms with E-state index >= 15 is 0 Å².